The van der Waals surface area contributed by atoms with Crippen LogP contribution in [0.25, 0.3) is 0 Å². The van der Waals surface area contributed by atoms with Crippen LogP contribution >= 0.6 is 35.7 Å². The minimum absolute atomic E-state index is 0.0393. The van der Waals surface area contributed by atoms with Gasteiger partial charge in [-0.2, -0.15) is 0 Å². The zero-order valence-electron chi connectivity index (χ0n) is 5.25. The Kier molecular flexibility index (Phi) is 2.83. The van der Waals surface area contributed by atoms with Gasteiger partial charge in [0, 0.05) is 4.47 Å². The van der Waals surface area contributed by atoms with Crippen LogP contribution in [0.1, 0.15) is 0 Å². The number of rotatable bonds is 1. The van der Waals surface area contributed by atoms with E-state index in [1.807, 2.05) is 0 Å². The first-order valence-corrected chi connectivity index (χ1v) is 6.28. The SMILES string of the molecule is O=I(=O)c1ccc(Br)cc1O. The zero-order valence-corrected chi connectivity index (χ0v) is 9.00. The van der Waals surface area contributed by atoms with Gasteiger partial charge < -0.3 is 5.11 Å². The summed E-state index contributed by atoms with van der Waals surface area (Å²) in [4.78, 5) is 0. The average Bonchev–Trinajstić information content (AvgIpc) is 1.85. The van der Waals surface area contributed by atoms with E-state index >= 15 is 0 Å². The van der Waals surface area contributed by atoms with Gasteiger partial charge in [0.1, 0.15) is 9.32 Å². The molecular weight excluding hydrogens is 327 g/mol. The molecule has 11 heavy (non-hydrogen) atoms. The van der Waals surface area contributed by atoms with E-state index in [1.54, 1.807) is 6.07 Å². The summed E-state index contributed by atoms with van der Waals surface area (Å²) in [6, 6.07) is 4.31. The Morgan fingerprint density at radius 3 is 2.45 bits per heavy atom. The molecule has 0 spiro atoms. The standard InChI is InChI=1S/C6H4BrIO3/c7-4-1-2-5(8(10)11)6(9)3-4/h1-3,9H. The molecule has 0 atom stereocenters. The molecule has 0 saturated heterocycles. The normalized spacial score (nSPS) is 10.4. The highest BCUT2D eigenvalue weighted by Crippen LogP contribution is 2.29. The summed E-state index contributed by atoms with van der Waals surface area (Å²) in [6.07, 6.45) is 0. The molecule has 1 aromatic carbocycles. The first-order chi connectivity index (χ1) is 5.11. The van der Waals surface area contributed by atoms with Crippen LogP contribution in [0, 0.1) is 3.57 Å². The zero-order chi connectivity index (χ0) is 8.43. The quantitative estimate of drug-likeness (QED) is 0.805. The molecule has 1 aromatic rings. The molecule has 0 saturated carbocycles. The number of hydrogen-bond donors (Lipinski definition) is 1. The van der Waals surface area contributed by atoms with Crippen LogP contribution < -0.4 is 0 Å². The maximum Gasteiger partial charge on any atom is 0.344 e. The Morgan fingerprint density at radius 1 is 1.36 bits per heavy atom. The van der Waals surface area contributed by atoms with Crippen molar-refractivity contribution >= 4 is 35.7 Å². The predicted molar refractivity (Wildman–Crippen MR) is 49.9 cm³/mol. The molecule has 0 aliphatic heterocycles. The van der Waals surface area contributed by atoms with Crippen molar-refractivity contribution in [1.29, 1.82) is 0 Å². The number of benzene rings is 1. The van der Waals surface area contributed by atoms with Crippen molar-refractivity contribution in [3.8, 4) is 5.75 Å². The van der Waals surface area contributed by atoms with Crippen LogP contribution in [0.15, 0.2) is 22.7 Å². The number of aromatic hydroxyl groups is 1. The highest BCUT2D eigenvalue weighted by atomic mass is 127. The van der Waals surface area contributed by atoms with Gasteiger partial charge in [-0.3, -0.25) is 0 Å². The van der Waals surface area contributed by atoms with Gasteiger partial charge in [-0.25, -0.2) is 6.14 Å². The molecule has 0 aliphatic rings. The van der Waals surface area contributed by atoms with E-state index in [4.69, 9.17) is 5.11 Å². The van der Waals surface area contributed by atoms with Crippen molar-refractivity contribution in [2.75, 3.05) is 0 Å². The summed E-state index contributed by atoms with van der Waals surface area (Å²) in [5.74, 6) is -0.186. The fourth-order valence-corrected chi connectivity index (χ4v) is 2.05. The molecule has 0 heterocycles. The van der Waals surface area contributed by atoms with Crippen LogP contribution in [0.3, 0.4) is 0 Å². The minimum atomic E-state index is -3.52. The van der Waals surface area contributed by atoms with E-state index in [0.29, 0.717) is 4.47 Å². The maximum atomic E-state index is 10.5. The Balaban J connectivity index is 3.31. The largest absolute Gasteiger partial charge is 0.507 e. The summed E-state index contributed by atoms with van der Waals surface area (Å²) in [6.45, 7) is 0. The van der Waals surface area contributed by atoms with E-state index in [2.05, 4.69) is 15.9 Å². The number of phenolic OH excluding ortho intramolecular Hbond substituents is 1. The first-order valence-electron chi connectivity index (χ1n) is 2.65. The molecule has 0 aliphatic carbocycles. The summed E-state index contributed by atoms with van der Waals surface area (Å²) in [7, 11) is 0. The van der Waals surface area contributed by atoms with Gasteiger partial charge in [0.2, 0.25) is 0 Å². The van der Waals surface area contributed by atoms with Crippen LogP contribution in [-0.4, -0.2) is 5.11 Å². The molecule has 0 amide bonds. The van der Waals surface area contributed by atoms with Gasteiger partial charge in [-0.15, -0.1) is 0 Å². The van der Waals surface area contributed by atoms with Gasteiger partial charge in [0.05, 0.1) is 0 Å². The predicted octanol–water partition coefficient (Wildman–Crippen LogP) is 2.52. The number of halogens is 2. The molecule has 0 bridgehead atoms. The van der Waals surface area contributed by atoms with Crippen molar-refractivity contribution in [3.05, 3.63) is 26.2 Å². The van der Waals surface area contributed by atoms with Crippen molar-refractivity contribution in [3.63, 3.8) is 0 Å². The highest BCUT2D eigenvalue weighted by Gasteiger charge is 2.05. The molecule has 0 aromatic heterocycles. The van der Waals surface area contributed by atoms with Crippen LogP contribution in [0.2, 0.25) is 0 Å². The van der Waals surface area contributed by atoms with Gasteiger partial charge in [0.15, 0.2) is 0 Å². The molecular formula is C6H4BrIO3. The van der Waals surface area contributed by atoms with Crippen molar-refractivity contribution in [2.45, 2.75) is 0 Å². The summed E-state index contributed by atoms with van der Waals surface area (Å²) in [5.41, 5.74) is 0. The fourth-order valence-electron chi connectivity index (χ4n) is 0.616. The topological polar surface area (TPSA) is 54.4 Å². The molecule has 60 valence electrons. The smallest absolute Gasteiger partial charge is 0.344 e. The van der Waals surface area contributed by atoms with Crippen molar-refractivity contribution in [2.24, 2.45) is 0 Å². The van der Waals surface area contributed by atoms with Gasteiger partial charge >= 0.3 is 19.8 Å². The van der Waals surface area contributed by atoms with E-state index < -0.39 is 19.8 Å². The summed E-state index contributed by atoms with van der Waals surface area (Å²) in [5, 5.41) is 9.07. The molecule has 5 heteroatoms. The van der Waals surface area contributed by atoms with Crippen molar-refractivity contribution in [1.82, 2.24) is 0 Å². The van der Waals surface area contributed by atoms with E-state index in [0.717, 1.165) is 0 Å². The molecule has 0 radical (unpaired) electrons. The molecule has 0 fully saturated rings. The van der Waals surface area contributed by atoms with Crippen LogP contribution in [0.5, 0.6) is 5.75 Å². The Hall–Kier alpha value is -0.170. The molecule has 1 rings (SSSR count). The fraction of sp³-hybridized carbons (Fsp3) is 0. The highest BCUT2D eigenvalue weighted by molar-refractivity contribution is 14.2. The van der Waals surface area contributed by atoms with E-state index in [9.17, 15) is 6.14 Å². The second kappa shape index (κ2) is 3.48. The van der Waals surface area contributed by atoms with Crippen molar-refractivity contribution < 1.29 is 11.2 Å². The molecule has 0 unspecified atom stereocenters. The van der Waals surface area contributed by atoms with E-state index in [1.165, 1.54) is 12.1 Å². The van der Waals surface area contributed by atoms with Crippen LogP contribution in [0.4, 0.5) is 0 Å². The van der Waals surface area contributed by atoms with E-state index in [-0.39, 0.29) is 9.32 Å². The third kappa shape index (κ3) is 2.13. The maximum absolute atomic E-state index is 10.5. The Bertz CT molecular complexity index is 338. The lowest BCUT2D eigenvalue weighted by Gasteiger charge is -1.94. The lowest BCUT2D eigenvalue weighted by atomic mass is 10.3. The number of phenols is 1. The molecule has 1 N–H and O–H groups in total. The Labute approximate surface area is 78.7 Å². The van der Waals surface area contributed by atoms with Crippen LogP contribution in [-0.2, 0) is 6.14 Å². The lowest BCUT2D eigenvalue weighted by Crippen LogP contribution is -1.73. The third-order valence-electron chi connectivity index (χ3n) is 1.07. The second-order valence-electron chi connectivity index (χ2n) is 1.81. The summed E-state index contributed by atoms with van der Waals surface area (Å²) < 4.78 is 21.7. The minimum Gasteiger partial charge on any atom is -0.507 e. The van der Waals surface area contributed by atoms with Gasteiger partial charge in [-0.1, -0.05) is 15.9 Å². The monoisotopic (exact) mass is 330 g/mol. The molecule has 3 nitrogen and oxygen atoms in total. The first kappa shape index (κ1) is 8.92. The van der Waals surface area contributed by atoms with Gasteiger partial charge in [-0.05, 0) is 18.2 Å². The second-order valence-corrected chi connectivity index (χ2v) is 5.13. The lowest BCUT2D eigenvalue weighted by molar-refractivity contribution is 0.470. The average molecular weight is 331 g/mol. The Morgan fingerprint density at radius 2 is 2.00 bits per heavy atom. The number of hydrogen-bond acceptors (Lipinski definition) is 3. The third-order valence-corrected chi connectivity index (χ3v) is 3.43. The summed E-state index contributed by atoms with van der Waals surface area (Å²) >= 11 is -0.419. The van der Waals surface area contributed by atoms with Gasteiger partial charge in [0.25, 0.3) is 0 Å².